The summed E-state index contributed by atoms with van der Waals surface area (Å²) in [6, 6.07) is 13.7. The number of nitrogens with one attached hydrogen (secondary N) is 2. The summed E-state index contributed by atoms with van der Waals surface area (Å²) in [6.07, 6.45) is 0. The Morgan fingerprint density at radius 2 is 1.74 bits per heavy atom. The van der Waals surface area contributed by atoms with Crippen molar-refractivity contribution in [2.45, 2.75) is 25.5 Å². The smallest absolute Gasteiger partial charge is 0.254 e. The average molecular weight is 442 g/mol. The van der Waals surface area contributed by atoms with E-state index in [1.54, 1.807) is 6.07 Å². The molecule has 1 aromatic heterocycles. The fraction of sp³-hybridized carbons (Fsp3) is 0.273. The van der Waals surface area contributed by atoms with Crippen molar-refractivity contribution in [2.24, 2.45) is 0 Å². The Bertz CT molecular complexity index is 1070. The lowest BCUT2D eigenvalue weighted by atomic mass is 10.1. The Hall–Kier alpha value is -3.20. The molecule has 0 unspecified atom stereocenters. The van der Waals surface area contributed by atoms with Crippen molar-refractivity contribution in [1.29, 1.82) is 0 Å². The second-order valence-corrected chi connectivity index (χ2v) is 7.68. The number of benzene rings is 2. The first kappa shape index (κ1) is 22.5. The van der Waals surface area contributed by atoms with Gasteiger partial charge in [-0.25, -0.2) is 4.39 Å². The van der Waals surface area contributed by atoms with E-state index in [2.05, 4.69) is 20.8 Å². The number of aryl methyl sites for hydroxylation is 1. The molecule has 0 bridgehead atoms. The van der Waals surface area contributed by atoms with Crippen molar-refractivity contribution in [3.05, 3.63) is 65.5 Å². The Morgan fingerprint density at radius 1 is 1.03 bits per heavy atom. The molecule has 0 aliphatic heterocycles. The molecule has 7 nitrogen and oxygen atoms in total. The minimum atomic E-state index is -0.578. The van der Waals surface area contributed by atoms with Crippen LogP contribution >= 0.6 is 11.8 Å². The standard InChI is InChI=1S/C22H24FN5O2S/c1-3-28-20(16-9-5-4-8-15(16)2)26-27-22(28)31-14-19(29)24-12-13-25-21(30)17-10-6-7-11-18(17)23/h4-11H,3,12-14H2,1-2H3,(H,24,29)(H,25,30). The fourth-order valence-electron chi connectivity index (χ4n) is 3.00. The first-order valence-corrected chi connectivity index (χ1v) is 10.9. The Labute approximate surface area is 184 Å². The molecule has 0 aliphatic rings. The largest absolute Gasteiger partial charge is 0.354 e. The lowest BCUT2D eigenvalue weighted by molar-refractivity contribution is -0.118. The third-order valence-corrected chi connectivity index (χ3v) is 5.57. The minimum Gasteiger partial charge on any atom is -0.354 e. The lowest BCUT2D eigenvalue weighted by Gasteiger charge is -2.09. The summed E-state index contributed by atoms with van der Waals surface area (Å²) in [4.78, 5) is 24.1. The van der Waals surface area contributed by atoms with Gasteiger partial charge in [-0.15, -0.1) is 10.2 Å². The first-order valence-electron chi connectivity index (χ1n) is 9.92. The van der Waals surface area contributed by atoms with E-state index >= 15 is 0 Å². The fourth-order valence-corrected chi connectivity index (χ4v) is 3.84. The minimum absolute atomic E-state index is 0.0206. The Kier molecular flexibility index (Phi) is 7.77. The number of nitrogens with zero attached hydrogens (tertiary/aromatic N) is 3. The van der Waals surface area contributed by atoms with E-state index in [0.29, 0.717) is 11.7 Å². The maximum Gasteiger partial charge on any atom is 0.254 e. The van der Waals surface area contributed by atoms with Gasteiger partial charge < -0.3 is 15.2 Å². The zero-order chi connectivity index (χ0) is 22.2. The molecule has 1 heterocycles. The van der Waals surface area contributed by atoms with Gasteiger partial charge >= 0.3 is 0 Å². The Balaban J connectivity index is 1.47. The summed E-state index contributed by atoms with van der Waals surface area (Å²) in [5.74, 6) is -0.327. The second-order valence-electron chi connectivity index (χ2n) is 6.74. The van der Waals surface area contributed by atoms with E-state index in [0.717, 1.165) is 17.0 Å². The number of hydrogen-bond acceptors (Lipinski definition) is 5. The van der Waals surface area contributed by atoms with Crippen LogP contribution in [0, 0.1) is 12.7 Å². The number of carbonyl (C=O) groups is 2. The predicted octanol–water partition coefficient (Wildman–Crippen LogP) is 3.05. The van der Waals surface area contributed by atoms with Crippen LogP contribution in [0.1, 0.15) is 22.8 Å². The van der Waals surface area contributed by atoms with Gasteiger partial charge in [0.1, 0.15) is 5.82 Å². The molecule has 31 heavy (non-hydrogen) atoms. The van der Waals surface area contributed by atoms with Gasteiger partial charge in [-0.05, 0) is 31.5 Å². The summed E-state index contributed by atoms with van der Waals surface area (Å²) >= 11 is 1.30. The summed E-state index contributed by atoms with van der Waals surface area (Å²) in [5.41, 5.74) is 2.10. The van der Waals surface area contributed by atoms with Crippen molar-refractivity contribution in [1.82, 2.24) is 25.4 Å². The predicted molar refractivity (Wildman–Crippen MR) is 118 cm³/mol. The van der Waals surface area contributed by atoms with Crippen LogP contribution in [0.15, 0.2) is 53.7 Å². The van der Waals surface area contributed by atoms with Crippen molar-refractivity contribution in [3.63, 3.8) is 0 Å². The van der Waals surface area contributed by atoms with E-state index in [-0.39, 0.29) is 30.3 Å². The van der Waals surface area contributed by atoms with Gasteiger partial charge in [0.15, 0.2) is 11.0 Å². The highest BCUT2D eigenvalue weighted by Gasteiger charge is 2.16. The molecule has 0 spiro atoms. The van der Waals surface area contributed by atoms with E-state index in [4.69, 9.17) is 0 Å². The van der Waals surface area contributed by atoms with Gasteiger partial charge in [0, 0.05) is 25.2 Å². The molecule has 3 aromatic rings. The zero-order valence-corrected chi connectivity index (χ0v) is 18.2. The highest BCUT2D eigenvalue weighted by molar-refractivity contribution is 7.99. The number of amides is 2. The molecule has 9 heteroatoms. The van der Waals surface area contributed by atoms with E-state index < -0.39 is 11.7 Å². The topological polar surface area (TPSA) is 88.9 Å². The van der Waals surface area contributed by atoms with Gasteiger partial charge in [-0.3, -0.25) is 9.59 Å². The van der Waals surface area contributed by atoms with Gasteiger partial charge in [-0.2, -0.15) is 0 Å². The second kappa shape index (κ2) is 10.7. The summed E-state index contributed by atoms with van der Waals surface area (Å²) in [7, 11) is 0. The Morgan fingerprint density at radius 3 is 2.48 bits per heavy atom. The number of carbonyl (C=O) groups excluding carboxylic acids is 2. The van der Waals surface area contributed by atoms with E-state index in [1.165, 1.54) is 30.0 Å². The molecule has 0 atom stereocenters. The summed E-state index contributed by atoms with van der Waals surface area (Å²) in [6.45, 7) is 5.16. The number of aromatic nitrogens is 3. The number of rotatable bonds is 9. The van der Waals surface area contributed by atoms with Gasteiger partial charge in [0.25, 0.3) is 5.91 Å². The van der Waals surface area contributed by atoms with Crippen molar-refractivity contribution in [3.8, 4) is 11.4 Å². The molecule has 0 radical (unpaired) electrons. The summed E-state index contributed by atoms with van der Waals surface area (Å²) < 4.78 is 15.6. The molecule has 0 aliphatic carbocycles. The van der Waals surface area contributed by atoms with Crippen LogP contribution in [-0.2, 0) is 11.3 Å². The average Bonchev–Trinajstić information content (AvgIpc) is 3.18. The highest BCUT2D eigenvalue weighted by Crippen LogP contribution is 2.26. The molecule has 2 N–H and O–H groups in total. The molecule has 0 fully saturated rings. The van der Waals surface area contributed by atoms with Crippen LogP contribution in [0.4, 0.5) is 4.39 Å². The van der Waals surface area contributed by atoms with Gasteiger partial charge in [0.2, 0.25) is 5.91 Å². The number of hydrogen-bond donors (Lipinski definition) is 2. The maximum atomic E-state index is 13.6. The van der Waals surface area contributed by atoms with Crippen LogP contribution in [0.3, 0.4) is 0 Å². The van der Waals surface area contributed by atoms with Crippen LogP contribution in [-0.4, -0.2) is 45.4 Å². The quantitative estimate of drug-likeness (QED) is 0.394. The molecule has 2 aromatic carbocycles. The van der Waals surface area contributed by atoms with E-state index in [9.17, 15) is 14.0 Å². The first-order chi connectivity index (χ1) is 15.0. The van der Waals surface area contributed by atoms with Crippen molar-refractivity contribution in [2.75, 3.05) is 18.8 Å². The van der Waals surface area contributed by atoms with Crippen LogP contribution in [0.5, 0.6) is 0 Å². The van der Waals surface area contributed by atoms with Crippen LogP contribution in [0.25, 0.3) is 11.4 Å². The number of thioether (sulfide) groups is 1. The molecular formula is C22H24FN5O2S. The maximum absolute atomic E-state index is 13.6. The zero-order valence-electron chi connectivity index (χ0n) is 17.4. The molecule has 2 amide bonds. The monoisotopic (exact) mass is 441 g/mol. The van der Waals surface area contributed by atoms with Crippen LogP contribution in [0.2, 0.25) is 0 Å². The van der Waals surface area contributed by atoms with Crippen LogP contribution < -0.4 is 10.6 Å². The third kappa shape index (κ3) is 5.69. The highest BCUT2D eigenvalue weighted by atomic mass is 32.2. The molecule has 3 rings (SSSR count). The van der Waals surface area contributed by atoms with Crippen molar-refractivity contribution < 1.29 is 14.0 Å². The molecule has 162 valence electrons. The molecule has 0 saturated carbocycles. The molecule has 0 saturated heterocycles. The van der Waals surface area contributed by atoms with E-state index in [1.807, 2.05) is 42.7 Å². The number of halogens is 1. The van der Waals surface area contributed by atoms with Crippen molar-refractivity contribution >= 4 is 23.6 Å². The molecular weight excluding hydrogens is 417 g/mol. The summed E-state index contributed by atoms with van der Waals surface area (Å²) in [5, 5.41) is 14.5. The SMILES string of the molecule is CCn1c(SCC(=O)NCCNC(=O)c2ccccc2F)nnc1-c1ccccc1C. The lowest BCUT2D eigenvalue weighted by Crippen LogP contribution is -2.35. The van der Waals surface area contributed by atoms with Gasteiger partial charge in [-0.1, -0.05) is 48.2 Å². The third-order valence-electron chi connectivity index (χ3n) is 4.60. The normalized spacial score (nSPS) is 10.7. The van der Waals surface area contributed by atoms with Gasteiger partial charge in [0.05, 0.1) is 11.3 Å².